The van der Waals surface area contributed by atoms with Gasteiger partial charge in [-0.1, -0.05) is 97.1 Å². The normalized spacial score (nSPS) is 10.4. The van der Waals surface area contributed by atoms with E-state index in [0.29, 0.717) is 6.54 Å². The molecule has 4 heterocycles. The van der Waals surface area contributed by atoms with Crippen molar-refractivity contribution in [2.45, 2.75) is 40.3 Å². The predicted octanol–water partition coefficient (Wildman–Crippen LogP) is 6.60. The molecule has 0 spiro atoms. The van der Waals surface area contributed by atoms with Crippen LogP contribution in [0.5, 0.6) is 0 Å². The van der Waals surface area contributed by atoms with Crippen LogP contribution in [0.4, 0.5) is 0 Å². The first-order chi connectivity index (χ1) is 26.1. The molecule has 0 atom stereocenters. The number of benzene rings is 4. The van der Waals surface area contributed by atoms with Crippen LogP contribution in [-0.2, 0) is 6.54 Å². The minimum absolute atomic E-state index is 0.0175. The summed E-state index contributed by atoms with van der Waals surface area (Å²) in [7, 11) is 0. The number of aromatic nitrogens is 8. The average Bonchev–Trinajstić information content (AvgIpc) is 3.96. The summed E-state index contributed by atoms with van der Waals surface area (Å²) in [6.45, 7) is 8.30. The first-order valence-electron chi connectivity index (χ1n) is 17.4. The molecule has 0 saturated heterocycles. The van der Waals surface area contributed by atoms with Crippen molar-refractivity contribution in [2.75, 3.05) is 0 Å². The van der Waals surface area contributed by atoms with Crippen LogP contribution < -0.4 is 22.2 Å². The van der Waals surface area contributed by atoms with Crippen LogP contribution in [0.3, 0.4) is 0 Å². The number of nitrogens with one attached hydrogen (secondary N) is 4. The van der Waals surface area contributed by atoms with E-state index >= 15 is 0 Å². The van der Waals surface area contributed by atoms with Crippen molar-refractivity contribution in [2.24, 2.45) is 0 Å². The number of hydrogen-bond donors (Lipinski definition) is 4. The van der Waals surface area contributed by atoms with Gasteiger partial charge in [0, 0.05) is 47.9 Å². The quantitative estimate of drug-likeness (QED) is 0.153. The zero-order valence-corrected chi connectivity index (χ0v) is 30.6. The van der Waals surface area contributed by atoms with Gasteiger partial charge in [-0.2, -0.15) is 0 Å². The second kappa shape index (κ2) is 18.4. The lowest BCUT2D eigenvalue weighted by atomic mass is 10.2. The van der Waals surface area contributed by atoms with E-state index in [0.717, 1.165) is 39.6 Å². The van der Waals surface area contributed by atoms with E-state index in [2.05, 4.69) is 20.4 Å². The molecule has 0 aliphatic rings. The van der Waals surface area contributed by atoms with Crippen LogP contribution >= 0.6 is 0 Å². The Morgan fingerprint density at radius 2 is 1.04 bits per heavy atom. The molecule has 0 saturated carbocycles. The molecule has 0 radical (unpaired) electrons. The molecule has 12 heteroatoms. The fourth-order valence-corrected chi connectivity index (χ4v) is 5.39. The number of rotatable bonds is 6. The second-order valence-electron chi connectivity index (χ2n) is 12.6. The van der Waals surface area contributed by atoms with Crippen LogP contribution in [0.2, 0.25) is 0 Å². The Morgan fingerprint density at radius 3 is 1.50 bits per heavy atom. The Kier molecular flexibility index (Phi) is 13.0. The van der Waals surface area contributed by atoms with E-state index in [1.165, 1.54) is 15.4 Å². The summed E-state index contributed by atoms with van der Waals surface area (Å²) >= 11 is 0. The topological polar surface area (TPSA) is 151 Å². The van der Waals surface area contributed by atoms with Gasteiger partial charge in [0.2, 0.25) is 0 Å². The highest BCUT2D eigenvalue weighted by atomic mass is 16.1. The Bertz CT molecular complexity index is 2550. The molecule has 0 amide bonds. The fourth-order valence-electron chi connectivity index (χ4n) is 5.39. The van der Waals surface area contributed by atoms with Gasteiger partial charge in [0.15, 0.2) is 0 Å². The minimum Gasteiger partial charge on any atom is -0.300 e. The number of hydrogen-bond acceptors (Lipinski definition) is 4. The summed E-state index contributed by atoms with van der Waals surface area (Å²) in [4.78, 5) is 45.5. The van der Waals surface area contributed by atoms with E-state index in [1.807, 2.05) is 149 Å². The van der Waals surface area contributed by atoms with E-state index < -0.39 is 0 Å². The first-order valence-corrected chi connectivity index (χ1v) is 17.4. The van der Waals surface area contributed by atoms with Crippen molar-refractivity contribution in [1.29, 1.82) is 0 Å². The standard InChI is InChI=1S/C12H14N2O.C11H12N2O.C10H10N2O.C9H8N2O/c1-9(2)14-12(15)8-11(13-14)10-6-4-3-5-7-10;1-9-7-11(14)13(12-9)8-10-5-3-2-4-6-10;1-8-7-10(13)12(11-8)9-5-3-2-4-6-9;12-9-6-7-10-11(9)8-4-2-1-3-5-8/h3-9,13H,1-2H3;2-7,12H,8H2,1H3;2-7,11H,1H3;1-7,10H. The zero-order chi connectivity index (χ0) is 38.5. The number of H-pyrrole nitrogens is 4. The Balaban J connectivity index is 0.000000139. The molecule has 4 N–H and O–H groups in total. The van der Waals surface area contributed by atoms with Gasteiger partial charge in [-0.25, -0.2) is 14.0 Å². The maximum Gasteiger partial charge on any atom is 0.271 e. The SMILES string of the molecule is CC(C)n1[nH]c(-c2ccccc2)cc1=O.Cc1cc(=O)n(-c2ccccc2)[nH]1.Cc1cc(=O)n(Cc2ccccc2)[nH]1.O=c1cc[nH]n1-c1ccccc1. The molecule has 0 unspecified atom stereocenters. The molecule has 8 rings (SSSR count). The largest absolute Gasteiger partial charge is 0.300 e. The van der Waals surface area contributed by atoms with Gasteiger partial charge in [0.05, 0.1) is 23.6 Å². The number of nitrogens with zero attached hydrogens (tertiary/aromatic N) is 4. The third-order valence-corrected chi connectivity index (χ3v) is 7.98. The number of aromatic amines is 4. The third-order valence-electron chi connectivity index (χ3n) is 7.98. The minimum atomic E-state index is -0.0406. The highest BCUT2D eigenvalue weighted by Crippen LogP contribution is 2.15. The van der Waals surface area contributed by atoms with Gasteiger partial charge in [-0.3, -0.25) is 44.3 Å². The van der Waals surface area contributed by atoms with Crippen molar-refractivity contribution in [3.8, 4) is 22.6 Å². The van der Waals surface area contributed by atoms with Crippen LogP contribution in [0.15, 0.2) is 171 Å². The predicted molar refractivity (Wildman–Crippen MR) is 214 cm³/mol. The highest BCUT2D eigenvalue weighted by molar-refractivity contribution is 5.58. The molecule has 0 bridgehead atoms. The third kappa shape index (κ3) is 10.5. The number of aryl methyl sites for hydroxylation is 2. The summed E-state index contributed by atoms with van der Waals surface area (Å²) in [5, 5.41) is 11.9. The van der Waals surface area contributed by atoms with Gasteiger partial charge in [-0.05, 0) is 63.1 Å². The molecule has 54 heavy (non-hydrogen) atoms. The van der Waals surface area contributed by atoms with E-state index in [-0.39, 0.29) is 28.3 Å². The molecule has 12 nitrogen and oxygen atoms in total. The lowest BCUT2D eigenvalue weighted by molar-refractivity contribution is 0.518. The van der Waals surface area contributed by atoms with Crippen molar-refractivity contribution >= 4 is 0 Å². The van der Waals surface area contributed by atoms with Gasteiger partial charge in [0.1, 0.15) is 0 Å². The Labute approximate surface area is 311 Å². The number of para-hydroxylation sites is 2. The summed E-state index contributed by atoms with van der Waals surface area (Å²) in [5.41, 5.74) is 6.48. The lowest BCUT2D eigenvalue weighted by Gasteiger charge is -2.04. The van der Waals surface area contributed by atoms with Gasteiger partial charge in [-0.15, -0.1) is 0 Å². The van der Waals surface area contributed by atoms with Crippen molar-refractivity contribution in [1.82, 2.24) is 39.1 Å². The molecule has 276 valence electrons. The maximum absolute atomic E-state index is 11.6. The molecule has 0 fully saturated rings. The lowest BCUT2D eigenvalue weighted by Crippen LogP contribution is -2.17. The molecule has 4 aromatic heterocycles. The van der Waals surface area contributed by atoms with Crippen LogP contribution in [0.1, 0.15) is 36.8 Å². The Morgan fingerprint density at radius 1 is 0.519 bits per heavy atom. The Hall–Kier alpha value is -7.08. The van der Waals surface area contributed by atoms with E-state index in [9.17, 15) is 19.2 Å². The van der Waals surface area contributed by atoms with Gasteiger partial charge in [0.25, 0.3) is 22.2 Å². The molecule has 0 aliphatic carbocycles. The van der Waals surface area contributed by atoms with Crippen LogP contribution in [-0.4, -0.2) is 39.1 Å². The van der Waals surface area contributed by atoms with Gasteiger partial charge >= 0.3 is 0 Å². The highest BCUT2D eigenvalue weighted by Gasteiger charge is 2.07. The summed E-state index contributed by atoms with van der Waals surface area (Å²) in [6, 6.07) is 45.2. The molecular weight excluding hydrogens is 681 g/mol. The van der Waals surface area contributed by atoms with Gasteiger partial charge < -0.3 is 0 Å². The maximum atomic E-state index is 11.6. The second-order valence-corrected chi connectivity index (χ2v) is 12.6. The summed E-state index contributed by atoms with van der Waals surface area (Å²) < 4.78 is 6.24. The zero-order valence-electron chi connectivity index (χ0n) is 30.6. The fraction of sp³-hybridized carbons (Fsp3) is 0.143. The summed E-state index contributed by atoms with van der Waals surface area (Å²) in [5.74, 6) is 0. The van der Waals surface area contributed by atoms with Crippen molar-refractivity contribution < 1.29 is 0 Å². The molecule has 8 aromatic rings. The molecule has 4 aromatic carbocycles. The van der Waals surface area contributed by atoms with Crippen LogP contribution in [0, 0.1) is 13.8 Å². The summed E-state index contributed by atoms with van der Waals surface area (Å²) in [6.07, 6.45) is 1.62. The van der Waals surface area contributed by atoms with E-state index in [1.54, 1.807) is 33.8 Å². The van der Waals surface area contributed by atoms with Crippen molar-refractivity contribution in [3.63, 3.8) is 0 Å². The molecular formula is C42H44N8O4. The first kappa shape index (κ1) is 38.2. The monoisotopic (exact) mass is 724 g/mol. The van der Waals surface area contributed by atoms with E-state index in [4.69, 9.17) is 0 Å². The van der Waals surface area contributed by atoms with Crippen LogP contribution in [0.25, 0.3) is 22.6 Å². The average molecular weight is 725 g/mol. The smallest absolute Gasteiger partial charge is 0.271 e. The molecule has 0 aliphatic heterocycles. The van der Waals surface area contributed by atoms with Crippen molar-refractivity contribution in [3.05, 3.63) is 210 Å².